The highest BCUT2D eigenvalue weighted by Crippen LogP contribution is 2.28. The number of nitrogens with one attached hydrogen (secondary N) is 2. The van der Waals surface area contributed by atoms with E-state index in [-0.39, 0.29) is 62.6 Å². The summed E-state index contributed by atoms with van der Waals surface area (Å²) in [5.74, 6) is -0.607. The van der Waals surface area contributed by atoms with Crippen LogP contribution >= 0.6 is 11.6 Å². The van der Waals surface area contributed by atoms with Crippen LogP contribution < -0.4 is 10.6 Å². The SMILES string of the molecule is O=C(C[C@@H]1CC[C@H]2[C@@H](COC[C@H](O)CN2C(=O)Nc2cccc(Cl)c2)O1)NCc1ccccc1F. The number of carbonyl (C=O) groups is 2. The van der Waals surface area contributed by atoms with Crippen molar-refractivity contribution in [2.75, 3.05) is 25.1 Å². The molecule has 35 heavy (non-hydrogen) atoms. The molecule has 2 aliphatic rings. The molecule has 2 aromatic carbocycles. The number of ether oxygens (including phenoxy) is 2. The predicted octanol–water partition coefficient (Wildman–Crippen LogP) is 3.33. The number of fused-ring (bicyclic) bond motifs is 1. The van der Waals surface area contributed by atoms with Crippen molar-refractivity contribution in [1.82, 2.24) is 10.2 Å². The van der Waals surface area contributed by atoms with Gasteiger partial charge in [0.2, 0.25) is 5.91 Å². The van der Waals surface area contributed by atoms with Crippen molar-refractivity contribution in [3.63, 3.8) is 0 Å². The first-order chi connectivity index (χ1) is 16.9. The minimum atomic E-state index is -0.831. The van der Waals surface area contributed by atoms with E-state index in [4.69, 9.17) is 21.1 Å². The first kappa shape index (κ1) is 25.4. The number of amides is 3. The molecular weight excluding hydrogens is 477 g/mol. The van der Waals surface area contributed by atoms with Crippen LogP contribution in [0.1, 0.15) is 24.8 Å². The van der Waals surface area contributed by atoms with Crippen LogP contribution in [0.2, 0.25) is 5.02 Å². The van der Waals surface area contributed by atoms with Gasteiger partial charge in [0.25, 0.3) is 0 Å². The van der Waals surface area contributed by atoms with Gasteiger partial charge in [-0.25, -0.2) is 9.18 Å². The molecule has 4 rings (SSSR count). The Bertz CT molecular complexity index is 1040. The first-order valence-electron chi connectivity index (χ1n) is 11.6. The van der Waals surface area contributed by atoms with E-state index in [0.29, 0.717) is 29.1 Å². The highest BCUT2D eigenvalue weighted by atomic mass is 35.5. The summed E-state index contributed by atoms with van der Waals surface area (Å²) in [4.78, 5) is 27.2. The Morgan fingerprint density at radius 3 is 2.77 bits per heavy atom. The van der Waals surface area contributed by atoms with Gasteiger partial charge in [0, 0.05) is 22.8 Å². The Morgan fingerprint density at radius 2 is 1.97 bits per heavy atom. The second-order valence-corrected chi connectivity index (χ2v) is 9.23. The highest BCUT2D eigenvalue weighted by Gasteiger charge is 2.40. The molecule has 3 N–H and O–H groups in total. The smallest absolute Gasteiger partial charge is 0.322 e. The number of β-amino-alcohol motifs (C(OH)–C–C–N with tert-alkyl or cyclic N) is 1. The summed E-state index contributed by atoms with van der Waals surface area (Å²) >= 11 is 6.03. The summed E-state index contributed by atoms with van der Waals surface area (Å²) in [6, 6.07) is 12.4. The third kappa shape index (κ3) is 6.91. The van der Waals surface area contributed by atoms with Crippen molar-refractivity contribution in [2.24, 2.45) is 0 Å². The monoisotopic (exact) mass is 505 g/mol. The molecule has 0 aromatic heterocycles. The number of anilines is 1. The van der Waals surface area contributed by atoms with Gasteiger partial charge in [0.1, 0.15) is 11.9 Å². The average molecular weight is 506 g/mol. The zero-order valence-electron chi connectivity index (χ0n) is 19.2. The lowest BCUT2D eigenvalue weighted by Crippen LogP contribution is -2.58. The maximum atomic E-state index is 13.8. The number of aliphatic hydroxyl groups excluding tert-OH is 1. The molecule has 8 nitrogen and oxygen atoms in total. The summed E-state index contributed by atoms with van der Waals surface area (Å²) in [7, 11) is 0. The number of hydrogen-bond acceptors (Lipinski definition) is 5. The van der Waals surface area contributed by atoms with Crippen LogP contribution in [-0.2, 0) is 20.8 Å². The topological polar surface area (TPSA) is 100 Å². The molecule has 10 heteroatoms. The molecule has 188 valence electrons. The summed E-state index contributed by atoms with van der Waals surface area (Å²) < 4.78 is 25.6. The van der Waals surface area contributed by atoms with Gasteiger partial charge in [0.15, 0.2) is 0 Å². The third-order valence-electron chi connectivity index (χ3n) is 6.16. The molecule has 2 aliphatic heterocycles. The van der Waals surface area contributed by atoms with Gasteiger partial charge >= 0.3 is 6.03 Å². The zero-order valence-corrected chi connectivity index (χ0v) is 19.9. The average Bonchev–Trinajstić information content (AvgIpc) is 2.81. The fraction of sp³-hybridized carbons (Fsp3) is 0.440. The fourth-order valence-corrected chi connectivity index (χ4v) is 4.64. The van der Waals surface area contributed by atoms with E-state index >= 15 is 0 Å². The van der Waals surface area contributed by atoms with E-state index < -0.39 is 12.2 Å². The van der Waals surface area contributed by atoms with Gasteiger partial charge in [0.05, 0.1) is 44.4 Å². The molecule has 2 aromatic rings. The van der Waals surface area contributed by atoms with Crippen LogP contribution in [0.3, 0.4) is 0 Å². The Labute approximate surface area is 208 Å². The minimum Gasteiger partial charge on any atom is -0.389 e. The van der Waals surface area contributed by atoms with Crippen molar-refractivity contribution in [3.05, 3.63) is 64.9 Å². The van der Waals surface area contributed by atoms with Gasteiger partial charge in [-0.3, -0.25) is 4.79 Å². The summed E-state index contributed by atoms with van der Waals surface area (Å²) in [5, 5.41) is 16.4. The maximum absolute atomic E-state index is 13.8. The Morgan fingerprint density at radius 1 is 1.14 bits per heavy atom. The number of nitrogens with zero attached hydrogens (tertiary/aromatic N) is 1. The van der Waals surface area contributed by atoms with Crippen LogP contribution in [0.5, 0.6) is 0 Å². The predicted molar refractivity (Wildman–Crippen MR) is 129 cm³/mol. The molecule has 0 aliphatic carbocycles. The molecular formula is C25H29ClFN3O5. The number of urea groups is 1. The molecule has 2 fully saturated rings. The summed E-state index contributed by atoms with van der Waals surface area (Å²) in [5.41, 5.74) is 0.965. The van der Waals surface area contributed by atoms with Gasteiger partial charge in [-0.05, 0) is 37.1 Å². The second kappa shape index (κ2) is 11.8. The Kier molecular flexibility index (Phi) is 8.56. The molecule has 3 amide bonds. The van der Waals surface area contributed by atoms with Gasteiger partial charge in [-0.2, -0.15) is 0 Å². The van der Waals surface area contributed by atoms with Gasteiger partial charge in [-0.15, -0.1) is 0 Å². The van der Waals surface area contributed by atoms with Crippen LogP contribution in [0.4, 0.5) is 14.9 Å². The zero-order chi connectivity index (χ0) is 24.8. The van der Waals surface area contributed by atoms with Crippen molar-refractivity contribution in [1.29, 1.82) is 0 Å². The quantitative estimate of drug-likeness (QED) is 0.579. The second-order valence-electron chi connectivity index (χ2n) is 8.80. The number of rotatable bonds is 5. The number of hydrogen-bond donors (Lipinski definition) is 3. The normalized spacial score (nSPS) is 24.6. The summed E-state index contributed by atoms with van der Waals surface area (Å²) in [6.45, 7) is 0.449. The standard InChI is InChI=1S/C25H29ClFN3O5/c26-17-5-3-6-18(10-17)29-25(33)30-13-19(31)14-34-15-23-22(30)9-8-20(35-23)11-24(32)28-12-16-4-1-2-7-21(16)27/h1-7,10,19-20,22-23,31H,8-9,11-15H2,(H,28,32)(H,29,33)/t19-,20+,22+,23-/m1/s1. The largest absolute Gasteiger partial charge is 0.389 e. The van der Waals surface area contributed by atoms with E-state index in [1.165, 1.54) is 6.07 Å². The highest BCUT2D eigenvalue weighted by molar-refractivity contribution is 6.30. The number of halogens is 2. The summed E-state index contributed by atoms with van der Waals surface area (Å²) in [6.07, 6.45) is -0.397. The Balaban J connectivity index is 1.36. The molecule has 0 bridgehead atoms. The van der Waals surface area contributed by atoms with Crippen LogP contribution in [0, 0.1) is 5.82 Å². The lowest BCUT2D eigenvalue weighted by molar-refractivity contribution is -0.149. The van der Waals surface area contributed by atoms with Crippen molar-refractivity contribution in [3.8, 4) is 0 Å². The molecule has 0 saturated carbocycles. The van der Waals surface area contributed by atoms with E-state index in [9.17, 15) is 19.1 Å². The lowest BCUT2D eigenvalue weighted by atomic mass is 9.95. The Hall–Kier alpha value is -2.72. The van der Waals surface area contributed by atoms with Gasteiger partial charge < -0.3 is 30.1 Å². The third-order valence-corrected chi connectivity index (χ3v) is 6.40. The maximum Gasteiger partial charge on any atom is 0.322 e. The number of carbonyl (C=O) groups excluding carboxylic acids is 2. The van der Waals surface area contributed by atoms with Crippen LogP contribution in [-0.4, -0.2) is 66.1 Å². The van der Waals surface area contributed by atoms with Crippen LogP contribution in [0.25, 0.3) is 0 Å². The number of aliphatic hydroxyl groups is 1. The first-order valence-corrected chi connectivity index (χ1v) is 12.0. The molecule has 4 atom stereocenters. The lowest BCUT2D eigenvalue weighted by Gasteiger charge is -2.44. The molecule has 0 unspecified atom stereocenters. The van der Waals surface area contributed by atoms with Crippen LogP contribution in [0.15, 0.2) is 48.5 Å². The van der Waals surface area contributed by atoms with Crippen molar-refractivity contribution >= 4 is 29.2 Å². The molecule has 0 radical (unpaired) electrons. The van der Waals surface area contributed by atoms with E-state index in [1.54, 1.807) is 47.4 Å². The minimum absolute atomic E-state index is 0.0708. The molecule has 0 spiro atoms. The van der Waals surface area contributed by atoms with E-state index in [0.717, 1.165) is 0 Å². The fourth-order valence-electron chi connectivity index (χ4n) is 4.45. The van der Waals surface area contributed by atoms with Gasteiger partial charge in [-0.1, -0.05) is 35.9 Å². The van der Waals surface area contributed by atoms with E-state index in [1.807, 2.05) is 0 Å². The van der Waals surface area contributed by atoms with E-state index in [2.05, 4.69) is 10.6 Å². The number of benzene rings is 2. The molecule has 2 heterocycles. The molecule has 2 saturated heterocycles. The van der Waals surface area contributed by atoms with Crippen molar-refractivity contribution in [2.45, 2.75) is 50.2 Å². The van der Waals surface area contributed by atoms with Crippen molar-refractivity contribution < 1.29 is 28.6 Å².